The lowest BCUT2D eigenvalue weighted by Gasteiger charge is -2.09. The molecule has 0 atom stereocenters. The number of nitrogens with two attached hydrogens (primary N) is 1. The molecule has 1 aromatic rings. The van der Waals surface area contributed by atoms with Gasteiger partial charge in [-0.2, -0.15) is 0 Å². The highest BCUT2D eigenvalue weighted by atomic mass is 32.2. The molecule has 0 unspecified atom stereocenters. The molecule has 1 aliphatic rings. The number of aromatic nitrogens is 1. The van der Waals surface area contributed by atoms with E-state index in [4.69, 9.17) is 18.0 Å². The minimum absolute atomic E-state index is 0.0149. The predicted octanol–water partition coefficient (Wildman–Crippen LogP) is 1.18. The maximum absolute atomic E-state index is 12.2. The average Bonchev–Trinajstić information content (AvgIpc) is 3.19. The van der Waals surface area contributed by atoms with Crippen molar-refractivity contribution in [2.24, 2.45) is 11.7 Å². The van der Waals surface area contributed by atoms with E-state index in [0.29, 0.717) is 6.54 Å². The summed E-state index contributed by atoms with van der Waals surface area (Å²) in [5, 5.41) is 0. The number of pyridine rings is 1. The van der Waals surface area contributed by atoms with Gasteiger partial charge in [0.1, 0.15) is 15.6 Å². The highest BCUT2D eigenvalue weighted by Gasteiger charge is 2.22. The van der Waals surface area contributed by atoms with Crippen LogP contribution < -0.4 is 10.5 Å². The van der Waals surface area contributed by atoms with Gasteiger partial charge in [-0.05, 0) is 30.9 Å². The van der Waals surface area contributed by atoms with Gasteiger partial charge in [0.05, 0.1) is 0 Å². The van der Waals surface area contributed by atoms with Crippen LogP contribution in [0.2, 0.25) is 0 Å². The second-order valence-corrected chi connectivity index (χ2v) is 6.87. The third-order valence-electron chi connectivity index (χ3n) is 3.07. The lowest BCUT2D eigenvalue weighted by molar-refractivity contribution is 0.572. The van der Waals surface area contributed by atoms with Gasteiger partial charge in [0, 0.05) is 12.7 Å². The maximum Gasteiger partial charge on any atom is 0.242 e. The zero-order valence-electron chi connectivity index (χ0n) is 10.5. The SMILES string of the molecule is NC(=S)c1ncccc1S(=O)(=O)NCCCC1CC1. The van der Waals surface area contributed by atoms with Crippen molar-refractivity contribution < 1.29 is 8.42 Å². The molecule has 3 N–H and O–H groups in total. The molecule has 0 radical (unpaired) electrons. The number of rotatable bonds is 7. The van der Waals surface area contributed by atoms with Crippen LogP contribution in [0.1, 0.15) is 31.4 Å². The van der Waals surface area contributed by atoms with Crippen LogP contribution in [0, 0.1) is 5.92 Å². The van der Waals surface area contributed by atoms with Crippen LogP contribution >= 0.6 is 12.2 Å². The molecular weight excluding hydrogens is 282 g/mol. The molecule has 0 amide bonds. The monoisotopic (exact) mass is 299 g/mol. The molecule has 1 aromatic heterocycles. The molecule has 0 aromatic carbocycles. The second kappa shape index (κ2) is 5.94. The number of thiocarbonyl (C=S) groups is 1. The summed E-state index contributed by atoms with van der Waals surface area (Å²) in [7, 11) is -3.59. The van der Waals surface area contributed by atoms with Gasteiger partial charge in [0.25, 0.3) is 0 Å². The van der Waals surface area contributed by atoms with Crippen molar-refractivity contribution in [1.82, 2.24) is 9.71 Å². The quantitative estimate of drug-likeness (QED) is 0.583. The number of hydrogen-bond donors (Lipinski definition) is 2. The molecule has 0 saturated heterocycles. The van der Waals surface area contributed by atoms with Gasteiger partial charge in [-0.3, -0.25) is 4.98 Å². The van der Waals surface area contributed by atoms with Crippen molar-refractivity contribution >= 4 is 27.2 Å². The summed E-state index contributed by atoms with van der Waals surface area (Å²) >= 11 is 4.82. The second-order valence-electron chi connectivity index (χ2n) is 4.70. The van der Waals surface area contributed by atoms with E-state index < -0.39 is 10.0 Å². The van der Waals surface area contributed by atoms with Crippen LogP contribution in [0.5, 0.6) is 0 Å². The van der Waals surface area contributed by atoms with E-state index in [9.17, 15) is 8.42 Å². The van der Waals surface area contributed by atoms with Crippen LogP contribution in [0.3, 0.4) is 0 Å². The number of nitrogens with one attached hydrogen (secondary N) is 1. The smallest absolute Gasteiger partial charge is 0.242 e. The van der Waals surface area contributed by atoms with Gasteiger partial charge in [0.2, 0.25) is 10.0 Å². The molecule has 2 rings (SSSR count). The summed E-state index contributed by atoms with van der Waals surface area (Å²) < 4.78 is 26.9. The molecule has 1 heterocycles. The minimum Gasteiger partial charge on any atom is -0.388 e. The number of nitrogens with zero attached hydrogens (tertiary/aromatic N) is 1. The molecule has 7 heteroatoms. The third-order valence-corrected chi connectivity index (χ3v) is 4.76. The molecule has 104 valence electrons. The predicted molar refractivity (Wildman–Crippen MR) is 77.3 cm³/mol. The maximum atomic E-state index is 12.2. The summed E-state index contributed by atoms with van der Waals surface area (Å²) in [6.45, 7) is 0.435. The largest absolute Gasteiger partial charge is 0.388 e. The highest BCUT2D eigenvalue weighted by molar-refractivity contribution is 7.89. The van der Waals surface area contributed by atoms with E-state index in [-0.39, 0.29) is 15.6 Å². The van der Waals surface area contributed by atoms with E-state index >= 15 is 0 Å². The Labute approximate surface area is 118 Å². The Bertz CT molecular complexity index is 568. The lowest BCUT2D eigenvalue weighted by Crippen LogP contribution is -2.28. The van der Waals surface area contributed by atoms with E-state index in [1.165, 1.54) is 25.1 Å². The normalized spacial score (nSPS) is 15.4. The summed E-state index contributed by atoms with van der Waals surface area (Å²) in [6.07, 6.45) is 5.97. The Kier molecular flexibility index (Phi) is 4.49. The summed E-state index contributed by atoms with van der Waals surface area (Å²) in [6, 6.07) is 3.02. The number of hydrogen-bond acceptors (Lipinski definition) is 4. The lowest BCUT2D eigenvalue weighted by atomic mass is 10.2. The van der Waals surface area contributed by atoms with E-state index in [0.717, 1.165) is 18.8 Å². The van der Waals surface area contributed by atoms with Crippen molar-refractivity contribution in [1.29, 1.82) is 0 Å². The molecule has 0 aliphatic heterocycles. The van der Waals surface area contributed by atoms with E-state index in [1.807, 2.05) is 0 Å². The van der Waals surface area contributed by atoms with Crippen molar-refractivity contribution in [3.05, 3.63) is 24.0 Å². The molecular formula is C12H17N3O2S2. The summed E-state index contributed by atoms with van der Waals surface area (Å²) in [5.41, 5.74) is 5.64. The first-order chi connectivity index (χ1) is 9.00. The molecule has 1 saturated carbocycles. The van der Waals surface area contributed by atoms with Crippen LogP contribution in [-0.4, -0.2) is 24.9 Å². The fraction of sp³-hybridized carbons (Fsp3) is 0.500. The van der Waals surface area contributed by atoms with Gasteiger partial charge in [-0.25, -0.2) is 13.1 Å². The Morgan fingerprint density at radius 2 is 2.26 bits per heavy atom. The van der Waals surface area contributed by atoms with Crippen LogP contribution in [0.25, 0.3) is 0 Å². The van der Waals surface area contributed by atoms with Crippen LogP contribution in [0.4, 0.5) is 0 Å². The zero-order valence-corrected chi connectivity index (χ0v) is 12.1. The average molecular weight is 299 g/mol. The van der Waals surface area contributed by atoms with Gasteiger partial charge in [-0.15, -0.1) is 0 Å². The summed E-state index contributed by atoms with van der Waals surface area (Å²) in [5.74, 6) is 0.801. The van der Waals surface area contributed by atoms with Crippen molar-refractivity contribution in [3.63, 3.8) is 0 Å². The van der Waals surface area contributed by atoms with Crippen molar-refractivity contribution in [2.75, 3.05) is 6.54 Å². The molecule has 0 spiro atoms. The highest BCUT2D eigenvalue weighted by Crippen LogP contribution is 2.33. The topological polar surface area (TPSA) is 85.1 Å². The van der Waals surface area contributed by atoms with Gasteiger partial charge in [0.15, 0.2) is 0 Å². The molecule has 19 heavy (non-hydrogen) atoms. The summed E-state index contributed by atoms with van der Waals surface area (Å²) in [4.78, 5) is 3.96. The van der Waals surface area contributed by atoms with Gasteiger partial charge in [-0.1, -0.05) is 25.1 Å². The fourth-order valence-electron chi connectivity index (χ4n) is 1.87. The Balaban J connectivity index is 2.03. The first-order valence-electron chi connectivity index (χ1n) is 6.25. The number of sulfonamides is 1. The fourth-order valence-corrected chi connectivity index (χ4v) is 3.34. The molecule has 1 fully saturated rings. The Morgan fingerprint density at radius 3 is 2.89 bits per heavy atom. The zero-order chi connectivity index (χ0) is 13.9. The van der Waals surface area contributed by atoms with Crippen LogP contribution in [0.15, 0.2) is 23.2 Å². The van der Waals surface area contributed by atoms with Gasteiger partial charge >= 0.3 is 0 Å². The Hall–Kier alpha value is -1.05. The van der Waals surface area contributed by atoms with E-state index in [1.54, 1.807) is 6.07 Å². The van der Waals surface area contributed by atoms with E-state index in [2.05, 4.69) is 9.71 Å². The Morgan fingerprint density at radius 1 is 1.53 bits per heavy atom. The third kappa shape index (κ3) is 3.95. The van der Waals surface area contributed by atoms with Crippen molar-refractivity contribution in [2.45, 2.75) is 30.6 Å². The molecule has 0 bridgehead atoms. The first-order valence-corrected chi connectivity index (χ1v) is 8.14. The van der Waals surface area contributed by atoms with Gasteiger partial charge < -0.3 is 5.73 Å². The first kappa shape index (κ1) is 14.4. The standard InChI is InChI=1S/C12H17N3O2S2/c13-12(18)11-10(4-2-7-14-11)19(16,17)15-8-1-3-9-5-6-9/h2,4,7,9,15H,1,3,5-6,8H2,(H2,13,18). The molecule has 1 aliphatic carbocycles. The molecule has 5 nitrogen and oxygen atoms in total. The van der Waals surface area contributed by atoms with Crippen molar-refractivity contribution in [3.8, 4) is 0 Å². The minimum atomic E-state index is -3.59. The van der Waals surface area contributed by atoms with Crippen LogP contribution in [-0.2, 0) is 10.0 Å².